The summed E-state index contributed by atoms with van der Waals surface area (Å²) in [6.45, 7) is 1.63. The number of phenols is 1. The second-order valence-corrected chi connectivity index (χ2v) is 9.21. The molecule has 14 heteroatoms. The van der Waals surface area contributed by atoms with E-state index < -0.39 is 41.7 Å². The molecular formula is C18H14N2Na2O8S2. The van der Waals surface area contributed by atoms with Gasteiger partial charge in [-0.05, 0) is 54.3 Å². The monoisotopic (exact) mass is 496 g/mol. The summed E-state index contributed by atoms with van der Waals surface area (Å²) in [4.78, 5) is 11.1. The molecule has 10 nitrogen and oxygen atoms in total. The number of nitrogens with one attached hydrogen (secondary N) is 1. The summed E-state index contributed by atoms with van der Waals surface area (Å²) in [6, 6.07) is 7.63. The molecule has 0 aliphatic rings. The van der Waals surface area contributed by atoms with Gasteiger partial charge in [0.2, 0.25) is 0 Å². The molecule has 0 heterocycles. The molecule has 1 amide bonds. The number of aryl methyl sites for hydroxylation is 1. The van der Waals surface area contributed by atoms with Gasteiger partial charge in [-0.25, -0.2) is 16.8 Å². The zero-order valence-electron chi connectivity index (χ0n) is 17.2. The number of carbonyl (C=O) groups is 1. The van der Waals surface area contributed by atoms with Crippen molar-refractivity contribution in [3.63, 3.8) is 0 Å². The third-order valence-corrected chi connectivity index (χ3v) is 5.93. The van der Waals surface area contributed by atoms with E-state index in [1.165, 1.54) is 6.07 Å². The number of rotatable bonds is 4. The van der Waals surface area contributed by atoms with E-state index in [9.17, 15) is 35.8 Å². The first-order valence-corrected chi connectivity index (χ1v) is 11.0. The molecule has 0 radical (unpaired) electrons. The Kier molecular flexibility index (Phi) is 9.36. The van der Waals surface area contributed by atoms with Gasteiger partial charge in [-0.15, -0.1) is 0 Å². The SMILES string of the molecule is Cc1ccc(N)cc1C(=O)Nc1cc(S(=O)(=O)[O-])cc2cc(S(=O)(=O)[O-])cc(O)c12.[Na+].[Na+]. The maximum Gasteiger partial charge on any atom is 1.00 e. The third-order valence-electron chi connectivity index (χ3n) is 4.31. The molecule has 4 N–H and O–H groups in total. The topological polar surface area (TPSA) is 190 Å². The molecule has 0 fully saturated rings. The number of carbonyl (C=O) groups excluding carboxylic acids is 1. The number of nitrogens with two attached hydrogens (primary N) is 1. The Morgan fingerprint density at radius 3 is 2.00 bits per heavy atom. The molecule has 0 aromatic heterocycles. The first-order valence-electron chi connectivity index (χ1n) is 8.17. The standard InChI is InChI=1S/C18H16N2O8S2.2Na/c1-9-2-3-11(19)6-14(9)18(22)20-15-7-12(29(23,24)25)4-10-5-13(30(26,27)28)8-16(21)17(10)15;;/h2-8,21H,19H2,1H3,(H,20,22)(H,23,24,25)(H,26,27,28);;/q;2*+1/p-2. The molecule has 0 aliphatic heterocycles. The minimum Gasteiger partial charge on any atom is -0.744 e. The summed E-state index contributed by atoms with van der Waals surface area (Å²) in [5, 5.41) is 12.3. The van der Waals surface area contributed by atoms with Crippen LogP contribution in [0.3, 0.4) is 0 Å². The van der Waals surface area contributed by atoms with E-state index in [4.69, 9.17) is 5.73 Å². The summed E-state index contributed by atoms with van der Waals surface area (Å²) < 4.78 is 68.5. The molecule has 158 valence electrons. The second kappa shape index (κ2) is 10.4. The van der Waals surface area contributed by atoms with Gasteiger partial charge in [-0.1, -0.05) is 6.07 Å². The van der Waals surface area contributed by atoms with Gasteiger partial charge in [-0.3, -0.25) is 4.79 Å². The summed E-state index contributed by atoms with van der Waals surface area (Å²) in [5.41, 5.74) is 6.39. The smallest absolute Gasteiger partial charge is 0.744 e. The summed E-state index contributed by atoms with van der Waals surface area (Å²) in [6.07, 6.45) is 0. The Morgan fingerprint density at radius 2 is 1.47 bits per heavy atom. The molecular weight excluding hydrogens is 482 g/mol. The molecule has 3 aromatic carbocycles. The van der Waals surface area contributed by atoms with Crippen LogP contribution < -0.4 is 70.2 Å². The number of nitrogen functional groups attached to an aromatic ring is 1. The van der Waals surface area contributed by atoms with E-state index in [2.05, 4.69) is 5.32 Å². The molecule has 0 aliphatic carbocycles. The number of anilines is 2. The quantitative estimate of drug-likeness (QED) is 0.182. The zero-order valence-corrected chi connectivity index (χ0v) is 22.9. The van der Waals surface area contributed by atoms with Crippen LogP contribution in [0.2, 0.25) is 0 Å². The molecule has 0 saturated carbocycles. The van der Waals surface area contributed by atoms with Gasteiger partial charge in [0.15, 0.2) is 0 Å². The predicted octanol–water partition coefficient (Wildman–Crippen LogP) is -4.50. The summed E-state index contributed by atoms with van der Waals surface area (Å²) in [5.74, 6) is -1.43. The first-order chi connectivity index (χ1) is 13.8. The zero-order chi connectivity index (χ0) is 22.4. The van der Waals surface area contributed by atoms with Crippen molar-refractivity contribution in [1.82, 2.24) is 0 Å². The maximum atomic E-state index is 12.7. The first kappa shape index (κ1) is 28.8. The van der Waals surface area contributed by atoms with Crippen molar-refractivity contribution >= 4 is 48.3 Å². The van der Waals surface area contributed by atoms with Crippen LogP contribution in [0.5, 0.6) is 5.75 Å². The Bertz CT molecular complexity index is 1420. The average molecular weight is 496 g/mol. The van der Waals surface area contributed by atoms with E-state index in [1.54, 1.807) is 19.1 Å². The number of hydrogen-bond donors (Lipinski definition) is 3. The van der Waals surface area contributed by atoms with Crippen molar-refractivity contribution in [2.75, 3.05) is 11.1 Å². The van der Waals surface area contributed by atoms with Gasteiger partial charge in [0, 0.05) is 16.6 Å². The largest absolute Gasteiger partial charge is 1.00 e. The number of hydrogen-bond acceptors (Lipinski definition) is 9. The number of amides is 1. The fourth-order valence-electron chi connectivity index (χ4n) is 2.90. The van der Waals surface area contributed by atoms with Gasteiger partial charge in [0.1, 0.15) is 26.0 Å². The molecule has 0 unspecified atom stereocenters. The second-order valence-electron chi connectivity index (χ2n) is 6.45. The Labute approximate surface area is 228 Å². The van der Waals surface area contributed by atoms with Gasteiger partial charge in [0.25, 0.3) is 5.91 Å². The van der Waals surface area contributed by atoms with Gasteiger partial charge >= 0.3 is 59.1 Å². The van der Waals surface area contributed by atoms with Crippen molar-refractivity contribution in [3.05, 3.63) is 53.6 Å². The van der Waals surface area contributed by atoms with Gasteiger partial charge in [-0.2, -0.15) is 0 Å². The van der Waals surface area contributed by atoms with Gasteiger partial charge in [0.05, 0.1) is 15.5 Å². The van der Waals surface area contributed by atoms with Crippen LogP contribution in [0, 0.1) is 6.92 Å². The number of phenolic OH excluding ortho intramolecular Hbond substituents is 1. The van der Waals surface area contributed by atoms with E-state index in [1.807, 2.05) is 0 Å². The number of benzene rings is 3. The minimum absolute atomic E-state index is 0. The Morgan fingerprint density at radius 1 is 0.938 bits per heavy atom. The van der Waals surface area contributed by atoms with Crippen LogP contribution in [-0.2, 0) is 20.2 Å². The van der Waals surface area contributed by atoms with Crippen LogP contribution in [0.25, 0.3) is 10.8 Å². The van der Waals surface area contributed by atoms with E-state index >= 15 is 0 Å². The third kappa shape index (κ3) is 6.23. The molecule has 0 saturated heterocycles. The average Bonchev–Trinajstić information content (AvgIpc) is 2.61. The minimum atomic E-state index is -5.02. The van der Waals surface area contributed by atoms with Crippen molar-refractivity contribution in [2.45, 2.75) is 16.7 Å². The van der Waals surface area contributed by atoms with Crippen LogP contribution in [0.1, 0.15) is 15.9 Å². The predicted molar refractivity (Wildman–Crippen MR) is 105 cm³/mol. The molecule has 0 spiro atoms. The van der Waals surface area contributed by atoms with Crippen molar-refractivity contribution < 1.29 is 95.0 Å². The summed E-state index contributed by atoms with van der Waals surface area (Å²) in [7, 11) is -10.0. The fourth-order valence-corrected chi connectivity index (χ4v) is 3.96. The van der Waals surface area contributed by atoms with Crippen LogP contribution in [0.15, 0.2) is 52.3 Å². The molecule has 0 bridgehead atoms. The number of fused-ring (bicyclic) bond motifs is 1. The van der Waals surface area contributed by atoms with Crippen molar-refractivity contribution in [2.24, 2.45) is 0 Å². The Hall–Kier alpha value is -1.19. The number of aromatic hydroxyl groups is 1. The molecule has 3 rings (SSSR count). The molecule has 0 atom stereocenters. The Balaban J connectivity index is 0.00000256. The molecule has 32 heavy (non-hydrogen) atoms. The summed E-state index contributed by atoms with van der Waals surface area (Å²) >= 11 is 0. The van der Waals surface area contributed by atoms with Gasteiger partial charge < -0.3 is 25.3 Å². The van der Waals surface area contributed by atoms with Crippen molar-refractivity contribution in [1.29, 1.82) is 0 Å². The normalized spacial score (nSPS) is 11.3. The molecule has 3 aromatic rings. The van der Waals surface area contributed by atoms with Crippen LogP contribution >= 0.6 is 0 Å². The fraction of sp³-hybridized carbons (Fsp3) is 0.0556. The van der Waals surface area contributed by atoms with E-state index in [0.717, 1.165) is 18.2 Å². The van der Waals surface area contributed by atoms with E-state index in [-0.39, 0.29) is 81.1 Å². The van der Waals surface area contributed by atoms with Crippen LogP contribution in [-0.4, -0.2) is 37.0 Å². The van der Waals surface area contributed by atoms with Crippen molar-refractivity contribution in [3.8, 4) is 5.75 Å². The van der Waals surface area contributed by atoms with E-state index in [0.29, 0.717) is 17.3 Å². The van der Waals surface area contributed by atoms with Crippen LogP contribution in [0.4, 0.5) is 11.4 Å². The maximum absolute atomic E-state index is 12.7.